The van der Waals surface area contributed by atoms with Crippen molar-refractivity contribution in [2.75, 3.05) is 0 Å². The fourth-order valence-electron chi connectivity index (χ4n) is 1.79. The quantitative estimate of drug-likeness (QED) is 0.852. The molecule has 0 spiro atoms. The minimum absolute atomic E-state index is 0.184. The van der Waals surface area contributed by atoms with E-state index >= 15 is 0 Å². The lowest BCUT2D eigenvalue weighted by molar-refractivity contribution is 0.236. The Bertz CT molecular complexity index is 447. The molecule has 2 amide bonds. The lowest BCUT2D eigenvalue weighted by Gasteiger charge is -2.18. The monoisotopic (exact) mass is 254 g/mol. The van der Waals surface area contributed by atoms with Gasteiger partial charge in [0.15, 0.2) is 0 Å². The van der Waals surface area contributed by atoms with Crippen LogP contribution in [0.4, 0.5) is 13.6 Å². The molecule has 1 aliphatic carbocycles. The molecule has 2 N–H and O–H groups in total. The van der Waals surface area contributed by atoms with Gasteiger partial charge in [-0.2, -0.15) is 0 Å². The van der Waals surface area contributed by atoms with Gasteiger partial charge in [0.05, 0.1) is 6.04 Å². The van der Waals surface area contributed by atoms with Crippen molar-refractivity contribution in [2.45, 2.75) is 38.3 Å². The van der Waals surface area contributed by atoms with Crippen LogP contribution in [0.15, 0.2) is 18.2 Å². The topological polar surface area (TPSA) is 41.1 Å². The fourth-order valence-corrected chi connectivity index (χ4v) is 1.79. The zero-order chi connectivity index (χ0) is 13.1. The first kappa shape index (κ1) is 12.8. The van der Waals surface area contributed by atoms with Crippen molar-refractivity contribution >= 4 is 6.03 Å². The summed E-state index contributed by atoms with van der Waals surface area (Å²) in [7, 11) is 0. The standard InChI is InChI=1S/C13H16F2N2O/c1-2-12(17-13(18)16-9-4-5-9)10-7-8(14)3-6-11(10)15/h3,6-7,9,12H,2,4-5H2,1H3,(H2,16,17,18)/t12-/m1/s1. The van der Waals surface area contributed by atoms with Crippen LogP contribution >= 0.6 is 0 Å². The average molecular weight is 254 g/mol. The summed E-state index contributed by atoms with van der Waals surface area (Å²) in [5.41, 5.74) is 0.184. The second kappa shape index (κ2) is 5.33. The van der Waals surface area contributed by atoms with Gasteiger partial charge < -0.3 is 10.6 Å². The zero-order valence-electron chi connectivity index (χ0n) is 10.2. The molecule has 0 aliphatic heterocycles. The van der Waals surface area contributed by atoms with E-state index in [1.807, 2.05) is 6.92 Å². The predicted molar refractivity (Wildman–Crippen MR) is 64.1 cm³/mol. The minimum Gasteiger partial charge on any atom is -0.335 e. The Morgan fingerprint density at radius 3 is 2.78 bits per heavy atom. The molecular weight excluding hydrogens is 238 g/mol. The van der Waals surface area contributed by atoms with Crippen LogP contribution < -0.4 is 10.6 Å². The summed E-state index contributed by atoms with van der Waals surface area (Å²) >= 11 is 0. The van der Waals surface area contributed by atoms with Crippen LogP contribution in [0.25, 0.3) is 0 Å². The molecule has 5 heteroatoms. The van der Waals surface area contributed by atoms with Gasteiger partial charge in [-0.1, -0.05) is 6.92 Å². The minimum atomic E-state index is -0.514. The SMILES string of the molecule is CC[C@@H](NC(=O)NC1CC1)c1cc(F)ccc1F. The highest BCUT2D eigenvalue weighted by atomic mass is 19.1. The van der Waals surface area contributed by atoms with E-state index in [4.69, 9.17) is 0 Å². The number of carbonyl (C=O) groups excluding carboxylic acids is 1. The number of hydrogen-bond acceptors (Lipinski definition) is 1. The van der Waals surface area contributed by atoms with E-state index < -0.39 is 17.7 Å². The molecule has 18 heavy (non-hydrogen) atoms. The van der Waals surface area contributed by atoms with E-state index in [-0.39, 0.29) is 17.6 Å². The van der Waals surface area contributed by atoms with Crippen molar-refractivity contribution in [2.24, 2.45) is 0 Å². The summed E-state index contributed by atoms with van der Waals surface area (Å²) in [4.78, 5) is 11.6. The average Bonchev–Trinajstić information content (AvgIpc) is 3.13. The number of halogens is 2. The Balaban J connectivity index is 2.06. The van der Waals surface area contributed by atoms with Gasteiger partial charge in [-0.3, -0.25) is 0 Å². The lowest BCUT2D eigenvalue weighted by atomic mass is 10.0. The van der Waals surface area contributed by atoms with E-state index in [1.165, 1.54) is 0 Å². The molecule has 1 aliphatic rings. The fraction of sp³-hybridized carbons (Fsp3) is 0.462. The van der Waals surface area contributed by atoms with Crippen molar-refractivity contribution in [3.8, 4) is 0 Å². The van der Waals surface area contributed by atoms with Gasteiger partial charge in [0.2, 0.25) is 0 Å². The zero-order valence-corrected chi connectivity index (χ0v) is 10.2. The summed E-state index contributed by atoms with van der Waals surface area (Å²) in [6, 6.07) is 2.66. The van der Waals surface area contributed by atoms with Gasteiger partial charge in [-0.05, 0) is 37.5 Å². The Kier molecular flexibility index (Phi) is 3.79. The van der Waals surface area contributed by atoms with Gasteiger partial charge in [-0.25, -0.2) is 13.6 Å². The Morgan fingerprint density at radius 2 is 2.17 bits per heavy atom. The van der Waals surface area contributed by atoms with Crippen LogP contribution in [0.1, 0.15) is 37.8 Å². The summed E-state index contributed by atoms with van der Waals surface area (Å²) in [5, 5.41) is 5.42. The van der Waals surface area contributed by atoms with Gasteiger partial charge in [-0.15, -0.1) is 0 Å². The molecule has 1 aromatic carbocycles. The number of hydrogen-bond donors (Lipinski definition) is 2. The second-order valence-corrected chi connectivity index (χ2v) is 4.52. The summed E-state index contributed by atoms with van der Waals surface area (Å²) in [5.74, 6) is -1.01. The number of amides is 2. The van der Waals surface area contributed by atoms with E-state index in [9.17, 15) is 13.6 Å². The molecule has 98 valence electrons. The molecule has 1 fully saturated rings. The Morgan fingerprint density at radius 1 is 1.44 bits per heavy atom. The van der Waals surface area contributed by atoms with Crippen LogP contribution in [0.3, 0.4) is 0 Å². The molecule has 1 atom stereocenters. The molecular formula is C13H16F2N2O. The summed E-state index contributed by atoms with van der Waals surface area (Å²) in [6.07, 6.45) is 2.47. The molecule has 3 nitrogen and oxygen atoms in total. The normalized spacial score (nSPS) is 16.2. The molecule has 2 rings (SSSR count). The maximum Gasteiger partial charge on any atom is 0.315 e. The molecule has 0 radical (unpaired) electrons. The summed E-state index contributed by atoms with van der Waals surface area (Å²) in [6.45, 7) is 1.81. The first-order chi connectivity index (χ1) is 8.60. The molecule has 0 saturated heterocycles. The van der Waals surface area contributed by atoms with Crippen molar-refractivity contribution in [3.05, 3.63) is 35.4 Å². The second-order valence-electron chi connectivity index (χ2n) is 4.52. The van der Waals surface area contributed by atoms with Crippen molar-refractivity contribution in [1.82, 2.24) is 10.6 Å². The van der Waals surface area contributed by atoms with Crippen molar-refractivity contribution in [1.29, 1.82) is 0 Å². The largest absolute Gasteiger partial charge is 0.335 e. The molecule has 1 saturated carbocycles. The van der Waals surface area contributed by atoms with Gasteiger partial charge in [0.1, 0.15) is 11.6 Å². The number of carbonyl (C=O) groups is 1. The third kappa shape index (κ3) is 3.18. The van der Waals surface area contributed by atoms with Crippen LogP contribution in [-0.2, 0) is 0 Å². The molecule has 0 heterocycles. The predicted octanol–water partition coefficient (Wildman–Crippen LogP) is 2.88. The van der Waals surface area contributed by atoms with Gasteiger partial charge in [0, 0.05) is 11.6 Å². The van der Waals surface area contributed by atoms with Crippen LogP contribution in [-0.4, -0.2) is 12.1 Å². The number of benzene rings is 1. The first-order valence-electron chi connectivity index (χ1n) is 6.12. The van der Waals surface area contributed by atoms with Crippen LogP contribution in [0.5, 0.6) is 0 Å². The number of nitrogens with one attached hydrogen (secondary N) is 2. The van der Waals surface area contributed by atoms with Crippen molar-refractivity contribution < 1.29 is 13.6 Å². The van der Waals surface area contributed by atoms with E-state index in [1.54, 1.807) is 0 Å². The first-order valence-corrected chi connectivity index (χ1v) is 6.12. The van der Waals surface area contributed by atoms with Crippen LogP contribution in [0, 0.1) is 11.6 Å². The molecule has 1 aromatic rings. The third-order valence-corrected chi connectivity index (χ3v) is 2.96. The number of rotatable bonds is 4. The van der Waals surface area contributed by atoms with E-state index in [0.717, 1.165) is 31.0 Å². The third-order valence-electron chi connectivity index (χ3n) is 2.96. The smallest absolute Gasteiger partial charge is 0.315 e. The highest BCUT2D eigenvalue weighted by Crippen LogP contribution is 2.22. The molecule has 0 unspecified atom stereocenters. The molecule has 0 bridgehead atoms. The number of urea groups is 1. The van der Waals surface area contributed by atoms with E-state index in [0.29, 0.717) is 6.42 Å². The maximum absolute atomic E-state index is 13.6. The lowest BCUT2D eigenvalue weighted by Crippen LogP contribution is -2.39. The van der Waals surface area contributed by atoms with Crippen LogP contribution in [0.2, 0.25) is 0 Å². The Labute approximate surface area is 105 Å². The molecule has 0 aromatic heterocycles. The van der Waals surface area contributed by atoms with E-state index in [2.05, 4.69) is 10.6 Å². The highest BCUT2D eigenvalue weighted by Gasteiger charge is 2.25. The van der Waals surface area contributed by atoms with Gasteiger partial charge in [0.25, 0.3) is 0 Å². The van der Waals surface area contributed by atoms with Crippen molar-refractivity contribution in [3.63, 3.8) is 0 Å². The van der Waals surface area contributed by atoms with Gasteiger partial charge >= 0.3 is 6.03 Å². The highest BCUT2D eigenvalue weighted by molar-refractivity contribution is 5.75. The maximum atomic E-state index is 13.6. The Hall–Kier alpha value is -1.65. The summed E-state index contributed by atoms with van der Waals surface area (Å²) < 4.78 is 26.7.